The van der Waals surface area contributed by atoms with Crippen molar-refractivity contribution in [2.24, 2.45) is 0 Å². The van der Waals surface area contributed by atoms with E-state index in [1.54, 1.807) is 24.0 Å². The van der Waals surface area contributed by atoms with Gasteiger partial charge < -0.3 is 10.6 Å². The van der Waals surface area contributed by atoms with Crippen LogP contribution < -0.4 is 10.6 Å². The largest absolute Gasteiger partial charge is 0.352 e. The van der Waals surface area contributed by atoms with Gasteiger partial charge in [0.2, 0.25) is 5.95 Å². The topological polar surface area (TPSA) is 73.6 Å². The summed E-state index contributed by atoms with van der Waals surface area (Å²) in [7, 11) is 0. The van der Waals surface area contributed by atoms with Crippen LogP contribution in [0.25, 0.3) is 5.57 Å². The Kier molecular flexibility index (Phi) is 5.19. The molecule has 0 unspecified atom stereocenters. The van der Waals surface area contributed by atoms with Crippen molar-refractivity contribution in [1.29, 1.82) is 5.26 Å². The molecule has 120 valence electrons. The molecule has 1 fully saturated rings. The number of nitrogens with zero attached hydrogens (tertiary/aromatic N) is 3. The van der Waals surface area contributed by atoms with Gasteiger partial charge in [0.25, 0.3) is 0 Å². The van der Waals surface area contributed by atoms with Gasteiger partial charge in [-0.3, -0.25) is 0 Å². The second-order valence-corrected chi connectivity index (χ2v) is 6.68. The number of aromatic nitrogens is 2. The number of anilines is 1. The minimum Gasteiger partial charge on any atom is -0.352 e. The molecule has 0 aromatic carbocycles. The fourth-order valence-electron chi connectivity index (χ4n) is 2.85. The highest BCUT2D eigenvalue weighted by atomic mass is 32.2. The van der Waals surface area contributed by atoms with E-state index in [0.29, 0.717) is 23.3 Å². The molecular weight excluding hydrogens is 306 g/mol. The average Bonchev–Trinajstić information content (AvgIpc) is 3.06. The Balaban J connectivity index is 1.78. The van der Waals surface area contributed by atoms with Gasteiger partial charge in [-0.1, -0.05) is 37.9 Å². The molecule has 23 heavy (non-hydrogen) atoms. The summed E-state index contributed by atoms with van der Waals surface area (Å²) >= 11 is 1.55. The highest BCUT2D eigenvalue weighted by Crippen LogP contribution is 2.32. The zero-order valence-corrected chi connectivity index (χ0v) is 14.1. The summed E-state index contributed by atoms with van der Waals surface area (Å²) in [6.45, 7) is 2.09. The molecule has 6 heteroatoms. The first-order valence-corrected chi connectivity index (χ1v) is 9.05. The third kappa shape index (κ3) is 3.85. The fraction of sp³-hybridized carbons (Fsp3) is 0.471. The highest BCUT2D eigenvalue weighted by molar-refractivity contribution is 8.06. The summed E-state index contributed by atoms with van der Waals surface area (Å²) in [5.74, 6) is 0.620. The second-order valence-electron chi connectivity index (χ2n) is 5.80. The predicted octanol–water partition coefficient (Wildman–Crippen LogP) is 4.00. The molecule has 2 N–H and O–H groups in total. The number of thioether (sulfide) groups is 1. The number of allylic oxidation sites excluding steroid dienone is 2. The van der Waals surface area contributed by atoms with Crippen LogP contribution in [0.2, 0.25) is 0 Å². The van der Waals surface area contributed by atoms with E-state index in [4.69, 9.17) is 0 Å². The quantitative estimate of drug-likeness (QED) is 0.814. The Morgan fingerprint density at radius 3 is 2.96 bits per heavy atom. The number of nitriles is 1. The first kappa shape index (κ1) is 15.9. The van der Waals surface area contributed by atoms with Crippen LogP contribution in [0.1, 0.15) is 51.1 Å². The van der Waals surface area contributed by atoms with Crippen LogP contribution in [0.5, 0.6) is 0 Å². The summed E-state index contributed by atoms with van der Waals surface area (Å²) in [6, 6.07) is 4.52. The van der Waals surface area contributed by atoms with Crippen molar-refractivity contribution in [3.05, 3.63) is 34.1 Å². The molecule has 0 saturated heterocycles. The molecule has 1 aliphatic carbocycles. The standard InChI is InChI=1S/C17H21N5S/c1-2-12-11-23-16(20-12)14(10-18)15-8-9-19-17(22-15)21-13-6-4-3-5-7-13/h8-9,11,13,20H,2-7H2,1H3,(H,19,21,22). The van der Waals surface area contributed by atoms with Crippen LogP contribution >= 0.6 is 11.8 Å². The summed E-state index contributed by atoms with van der Waals surface area (Å²) in [5.41, 5.74) is 2.37. The number of hydrogen-bond acceptors (Lipinski definition) is 6. The van der Waals surface area contributed by atoms with Crippen molar-refractivity contribution >= 4 is 23.3 Å². The van der Waals surface area contributed by atoms with Crippen molar-refractivity contribution in [3.63, 3.8) is 0 Å². The van der Waals surface area contributed by atoms with E-state index in [1.807, 2.05) is 0 Å². The van der Waals surface area contributed by atoms with Crippen molar-refractivity contribution in [2.75, 3.05) is 5.32 Å². The third-order valence-electron chi connectivity index (χ3n) is 4.16. The molecule has 1 aromatic rings. The summed E-state index contributed by atoms with van der Waals surface area (Å²) in [5, 5.41) is 19.2. The average molecular weight is 327 g/mol. The van der Waals surface area contributed by atoms with Gasteiger partial charge in [0.05, 0.1) is 10.7 Å². The predicted molar refractivity (Wildman–Crippen MR) is 94.2 cm³/mol. The minimum atomic E-state index is 0.449. The Morgan fingerprint density at radius 1 is 1.43 bits per heavy atom. The molecule has 1 saturated carbocycles. The zero-order chi connectivity index (χ0) is 16.1. The van der Waals surface area contributed by atoms with Crippen LogP contribution in [0, 0.1) is 11.3 Å². The maximum atomic E-state index is 9.55. The Labute approximate surface area is 141 Å². The summed E-state index contributed by atoms with van der Waals surface area (Å²) < 4.78 is 0. The van der Waals surface area contributed by atoms with Crippen molar-refractivity contribution in [2.45, 2.75) is 51.5 Å². The zero-order valence-electron chi connectivity index (χ0n) is 13.3. The van der Waals surface area contributed by atoms with Crippen molar-refractivity contribution in [1.82, 2.24) is 15.3 Å². The van der Waals surface area contributed by atoms with Gasteiger partial charge in [-0.15, -0.1) is 0 Å². The molecule has 1 aromatic heterocycles. The Morgan fingerprint density at radius 2 is 2.26 bits per heavy atom. The molecule has 3 rings (SSSR count). The third-order valence-corrected chi connectivity index (χ3v) is 5.11. The lowest BCUT2D eigenvalue weighted by Crippen LogP contribution is -2.23. The summed E-state index contributed by atoms with van der Waals surface area (Å²) in [6.07, 6.45) is 8.82. The van der Waals surface area contributed by atoms with Crippen LogP contribution in [0.4, 0.5) is 5.95 Å². The second kappa shape index (κ2) is 7.51. The molecule has 0 radical (unpaired) electrons. The fourth-order valence-corrected chi connectivity index (χ4v) is 3.79. The van der Waals surface area contributed by atoms with Crippen LogP contribution in [0.15, 0.2) is 28.4 Å². The molecule has 0 bridgehead atoms. The maximum Gasteiger partial charge on any atom is 0.223 e. The summed E-state index contributed by atoms with van der Waals surface area (Å²) in [4.78, 5) is 8.87. The van der Waals surface area contributed by atoms with E-state index >= 15 is 0 Å². The van der Waals surface area contributed by atoms with Gasteiger partial charge >= 0.3 is 0 Å². The van der Waals surface area contributed by atoms with Gasteiger partial charge in [-0.05, 0) is 30.7 Å². The lowest BCUT2D eigenvalue weighted by atomic mass is 9.96. The van der Waals surface area contributed by atoms with E-state index < -0.39 is 0 Å². The van der Waals surface area contributed by atoms with Crippen LogP contribution in [-0.4, -0.2) is 16.0 Å². The SMILES string of the molecule is CCC1=CSC(=C(C#N)c2ccnc(NC3CCCCC3)n2)N1. The molecule has 2 aliphatic rings. The minimum absolute atomic E-state index is 0.449. The number of rotatable bonds is 4. The molecule has 2 heterocycles. The van der Waals surface area contributed by atoms with Gasteiger partial charge in [-0.25, -0.2) is 9.97 Å². The first-order chi connectivity index (χ1) is 11.3. The normalized spacial score (nSPS) is 20.4. The highest BCUT2D eigenvalue weighted by Gasteiger charge is 2.18. The van der Waals surface area contributed by atoms with E-state index in [1.165, 1.54) is 32.1 Å². The van der Waals surface area contributed by atoms with E-state index in [9.17, 15) is 5.26 Å². The first-order valence-electron chi connectivity index (χ1n) is 8.17. The van der Waals surface area contributed by atoms with Crippen molar-refractivity contribution in [3.8, 4) is 6.07 Å². The molecular formula is C17H21N5S. The van der Waals surface area contributed by atoms with Gasteiger partial charge in [0.1, 0.15) is 11.6 Å². The lowest BCUT2D eigenvalue weighted by Gasteiger charge is -2.22. The number of hydrogen-bond donors (Lipinski definition) is 2. The molecule has 0 atom stereocenters. The molecule has 1 aliphatic heterocycles. The lowest BCUT2D eigenvalue weighted by molar-refractivity contribution is 0.461. The molecule has 0 amide bonds. The molecule has 5 nitrogen and oxygen atoms in total. The monoisotopic (exact) mass is 327 g/mol. The van der Waals surface area contributed by atoms with E-state index in [-0.39, 0.29) is 0 Å². The van der Waals surface area contributed by atoms with Crippen LogP contribution in [-0.2, 0) is 0 Å². The smallest absolute Gasteiger partial charge is 0.223 e. The molecule has 0 spiro atoms. The van der Waals surface area contributed by atoms with E-state index in [2.05, 4.69) is 39.0 Å². The number of nitrogens with one attached hydrogen (secondary N) is 2. The van der Waals surface area contributed by atoms with Gasteiger partial charge in [0, 0.05) is 17.9 Å². The Hall–Kier alpha value is -2.00. The van der Waals surface area contributed by atoms with E-state index in [0.717, 1.165) is 17.1 Å². The Bertz CT molecular complexity index is 668. The maximum absolute atomic E-state index is 9.55. The van der Waals surface area contributed by atoms with Crippen molar-refractivity contribution < 1.29 is 0 Å². The van der Waals surface area contributed by atoms with Gasteiger partial charge in [-0.2, -0.15) is 5.26 Å². The van der Waals surface area contributed by atoms with Crippen LogP contribution in [0.3, 0.4) is 0 Å². The van der Waals surface area contributed by atoms with Gasteiger partial charge in [0.15, 0.2) is 0 Å².